The SMILES string of the molecule is CC(=O)n1c(C)c(Br)c(=O)n(C(C)C)c1=O. The molecule has 0 fully saturated rings. The summed E-state index contributed by atoms with van der Waals surface area (Å²) in [5, 5.41) is 0. The highest BCUT2D eigenvalue weighted by Crippen LogP contribution is 2.09. The van der Waals surface area contributed by atoms with Gasteiger partial charge in [0.2, 0.25) is 5.91 Å². The molecule has 0 radical (unpaired) electrons. The van der Waals surface area contributed by atoms with Crippen molar-refractivity contribution in [3.8, 4) is 0 Å². The molecule has 0 saturated heterocycles. The summed E-state index contributed by atoms with van der Waals surface area (Å²) in [7, 11) is 0. The van der Waals surface area contributed by atoms with Crippen molar-refractivity contribution in [2.75, 3.05) is 0 Å². The van der Waals surface area contributed by atoms with E-state index >= 15 is 0 Å². The van der Waals surface area contributed by atoms with Crippen LogP contribution >= 0.6 is 15.9 Å². The lowest BCUT2D eigenvalue weighted by atomic mass is 10.3. The molecule has 16 heavy (non-hydrogen) atoms. The van der Waals surface area contributed by atoms with Crippen LogP contribution in [0.4, 0.5) is 0 Å². The summed E-state index contributed by atoms with van der Waals surface area (Å²) < 4.78 is 2.29. The zero-order valence-corrected chi connectivity index (χ0v) is 11.2. The molecular formula is C10H13BrN2O3. The van der Waals surface area contributed by atoms with Gasteiger partial charge in [-0.2, -0.15) is 0 Å². The zero-order valence-electron chi connectivity index (χ0n) is 9.57. The minimum Gasteiger partial charge on any atom is -0.274 e. The molecule has 1 aromatic rings. The number of hydrogen-bond acceptors (Lipinski definition) is 3. The fraction of sp³-hybridized carbons (Fsp3) is 0.500. The molecule has 5 nitrogen and oxygen atoms in total. The largest absolute Gasteiger partial charge is 0.338 e. The van der Waals surface area contributed by atoms with Crippen molar-refractivity contribution in [2.24, 2.45) is 0 Å². The first-order valence-corrected chi connectivity index (χ1v) is 5.63. The van der Waals surface area contributed by atoms with Crippen LogP contribution in [0, 0.1) is 6.92 Å². The lowest BCUT2D eigenvalue weighted by molar-refractivity contribution is 0.0925. The molecule has 0 aliphatic rings. The molecule has 0 atom stereocenters. The Morgan fingerprint density at radius 1 is 1.31 bits per heavy atom. The summed E-state index contributed by atoms with van der Waals surface area (Å²) in [5.74, 6) is -0.405. The van der Waals surface area contributed by atoms with Gasteiger partial charge in [-0.15, -0.1) is 0 Å². The van der Waals surface area contributed by atoms with Crippen molar-refractivity contribution >= 4 is 21.8 Å². The van der Waals surface area contributed by atoms with Crippen LogP contribution in [0.15, 0.2) is 14.1 Å². The molecule has 1 heterocycles. The number of aromatic nitrogens is 2. The van der Waals surface area contributed by atoms with Crippen molar-refractivity contribution in [2.45, 2.75) is 33.7 Å². The minimum atomic E-state index is -0.590. The van der Waals surface area contributed by atoms with E-state index in [2.05, 4.69) is 15.9 Å². The van der Waals surface area contributed by atoms with Gasteiger partial charge in [0.15, 0.2) is 0 Å². The van der Waals surface area contributed by atoms with Gasteiger partial charge >= 0.3 is 5.69 Å². The first-order valence-electron chi connectivity index (χ1n) is 4.83. The van der Waals surface area contributed by atoms with E-state index in [1.807, 2.05) is 0 Å². The average Bonchev–Trinajstić information content (AvgIpc) is 2.13. The topological polar surface area (TPSA) is 61.1 Å². The first-order chi connectivity index (χ1) is 7.29. The van der Waals surface area contributed by atoms with Gasteiger partial charge in [-0.25, -0.2) is 9.36 Å². The van der Waals surface area contributed by atoms with Crippen LogP contribution in [-0.4, -0.2) is 15.0 Å². The molecule has 0 spiro atoms. The number of rotatable bonds is 1. The van der Waals surface area contributed by atoms with Gasteiger partial charge in [0.1, 0.15) is 4.47 Å². The van der Waals surface area contributed by atoms with Crippen LogP contribution in [0.3, 0.4) is 0 Å². The van der Waals surface area contributed by atoms with Crippen molar-refractivity contribution in [1.82, 2.24) is 9.13 Å². The monoisotopic (exact) mass is 288 g/mol. The molecule has 0 aromatic carbocycles. The molecule has 1 aromatic heterocycles. The van der Waals surface area contributed by atoms with Crippen molar-refractivity contribution < 1.29 is 4.79 Å². The van der Waals surface area contributed by atoms with Gasteiger partial charge in [0, 0.05) is 18.7 Å². The molecule has 0 bridgehead atoms. The fourth-order valence-corrected chi connectivity index (χ4v) is 1.89. The number of carbonyl (C=O) groups is 1. The maximum atomic E-state index is 11.9. The van der Waals surface area contributed by atoms with E-state index in [-0.39, 0.29) is 10.5 Å². The molecule has 0 N–H and O–H groups in total. The Morgan fingerprint density at radius 2 is 1.81 bits per heavy atom. The Morgan fingerprint density at radius 3 is 2.19 bits per heavy atom. The van der Waals surface area contributed by atoms with Gasteiger partial charge in [0.25, 0.3) is 5.56 Å². The molecule has 88 valence electrons. The molecule has 0 aliphatic heterocycles. The van der Waals surface area contributed by atoms with Crippen LogP contribution < -0.4 is 11.2 Å². The summed E-state index contributed by atoms with van der Waals surface area (Å²) in [5.41, 5.74) is -0.664. The lowest BCUT2D eigenvalue weighted by Crippen LogP contribution is -2.44. The minimum absolute atomic E-state index is 0.246. The molecule has 0 amide bonds. The van der Waals surface area contributed by atoms with E-state index in [0.717, 1.165) is 9.13 Å². The quantitative estimate of drug-likeness (QED) is 0.783. The summed E-state index contributed by atoms with van der Waals surface area (Å²) in [6, 6.07) is -0.289. The summed E-state index contributed by atoms with van der Waals surface area (Å²) >= 11 is 3.11. The maximum absolute atomic E-state index is 11.9. The number of carbonyl (C=O) groups excluding carboxylic acids is 1. The van der Waals surface area contributed by atoms with E-state index in [0.29, 0.717) is 5.69 Å². The smallest absolute Gasteiger partial charge is 0.274 e. The Hall–Kier alpha value is -1.17. The highest BCUT2D eigenvalue weighted by Gasteiger charge is 2.18. The van der Waals surface area contributed by atoms with Gasteiger partial charge < -0.3 is 0 Å². The maximum Gasteiger partial charge on any atom is 0.338 e. The predicted molar refractivity (Wildman–Crippen MR) is 64.1 cm³/mol. The van der Waals surface area contributed by atoms with Crippen LogP contribution in [-0.2, 0) is 0 Å². The second kappa shape index (κ2) is 4.37. The lowest BCUT2D eigenvalue weighted by Gasteiger charge is -2.14. The van der Waals surface area contributed by atoms with Gasteiger partial charge in [-0.3, -0.25) is 14.2 Å². The third-order valence-corrected chi connectivity index (χ3v) is 3.20. The Balaban J connectivity index is 3.88. The van der Waals surface area contributed by atoms with Crippen LogP contribution in [0.2, 0.25) is 0 Å². The molecule has 0 aliphatic carbocycles. The number of halogens is 1. The summed E-state index contributed by atoms with van der Waals surface area (Å²) in [6.07, 6.45) is 0. The van der Waals surface area contributed by atoms with E-state index in [1.54, 1.807) is 20.8 Å². The molecular weight excluding hydrogens is 276 g/mol. The average molecular weight is 289 g/mol. The highest BCUT2D eigenvalue weighted by atomic mass is 79.9. The van der Waals surface area contributed by atoms with Crippen molar-refractivity contribution in [1.29, 1.82) is 0 Å². The van der Waals surface area contributed by atoms with Crippen molar-refractivity contribution in [3.05, 3.63) is 31.0 Å². The van der Waals surface area contributed by atoms with Crippen LogP contribution in [0.1, 0.15) is 37.3 Å². The summed E-state index contributed by atoms with van der Waals surface area (Å²) in [6.45, 7) is 6.28. The fourth-order valence-electron chi connectivity index (χ4n) is 1.52. The van der Waals surface area contributed by atoms with E-state index in [4.69, 9.17) is 0 Å². The highest BCUT2D eigenvalue weighted by molar-refractivity contribution is 9.10. The van der Waals surface area contributed by atoms with E-state index in [1.165, 1.54) is 6.92 Å². The Labute approximate surface area is 101 Å². The Bertz CT molecular complexity index is 554. The molecule has 0 unspecified atom stereocenters. The van der Waals surface area contributed by atoms with E-state index in [9.17, 15) is 14.4 Å². The first kappa shape index (κ1) is 12.9. The standard InChI is InChI=1S/C10H13BrN2O3/c1-5(2)12-9(15)8(11)6(3)13(7(4)14)10(12)16/h5H,1-4H3. The van der Waals surface area contributed by atoms with Gasteiger partial charge in [0.05, 0.1) is 0 Å². The third kappa shape index (κ3) is 1.89. The van der Waals surface area contributed by atoms with Crippen molar-refractivity contribution in [3.63, 3.8) is 0 Å². The third-order valence-electron chi connectivity index (χ3n) is 2.29. The summed E-state index contributed by atoms with van der Waals surface area (Å²) in [4.78, 5) is 35.1. The predicted octanol–water partition coefficient (Wildman–Crippen LogP) is 1.32. The van der Waals surface area contributed by atoms with Gasteiger partial charge in [-0.1, -0.05) is 0 Å². The molecule has 1 rings (SSSR count). The molecule has 0 saturated carbocycles. The van der Waals surface area contributed by atoms with Crippen LogP contribution in [0.25, 0.3) is 0 Å². The normalized spacial score (nSPS) is 10.9. The second-order valence-corrected chi connectivity index (χ2v) is 4.60. The number of hydrogen-bond donors (Lipinski definition) is 0. The van der Waals surface area contributed by atoms with E-state index < -0.39 is 17.2 Å². The Kier molecular flexibility index (Phi) is 3.52. The van der Waals surface area contributed by atoms with Gasteiger partial charge in [-0.05, 0) is 36.7 Å². The second-order valence-electron chi connectivity index (χ2n) is 3.81. The van der Waals surface area contributed by atoms with Crippen LogP contribution in [0.5, 0.6) is 0 Å². The molecule has 6 heteroatoms. The zero-order chi connectivity index (χ0) is 12.6. The number of nitrogens with zero attached hydrogens (tertiary/aromatic N) is 2.